The van der Waals surface area contributed by atoms with Gasteiger partial charge in [0.2, 0.25) is 0 Å². The first-order chi connectivity index (χ1) is 17.4. The zero-order valence-corrected chi connectivity index (χ0v) is 19.4. The predicted molar refractivity (Wildman–Crippen MR) is 132 cm³/mol. The number of aryl methyl sites for hydroxylation is 1. The van der Waals surface area contributed by atoms with E-state index in [1.54, 1.807) is 72.8 Å². The monoisotopic (exact) mass is 488 g/mol. The number of benzene rings is 3. The van der Waals surface area contributed by atoms with Crippen molar-refractivity contribution in [2.24, 2.45) is 5.92 Å². The van der Waals surface area contributed by atoms with Gasteiger partial charge in [0.25, 0.3) is 11.5 Å². The molecule has 0 bridgehead atoms. The van der Waals surface area contributed by atoms with Gasteiger partial charge in [-0.3, -0.25) is 14.4 Å². The van der Waals surface area contributed by atoms with Gasteiger partial charge in [0.05, 0.1) is 24.5 Å². The van der Waals surface area contributed by atoms with Crippen LogP contribution in [0.2, 0.25) is 0 Å². The van der Waals surface area contributed by atoms with Crippen LogP contribution < -0.4 is 15.6 Å². The summed E-state index contributed by atoms with van der Waals surface area (Å²) in [5.74, 6) is -2.19. The Balaban J connectivity index is 1.44. The molecule has 0 aliphatic heterocycles. The Kier molecular flexibility index (Phi) is 7.36. The largest absolute Gasteiger partial charge is 0.497 e. The highest BCUT2D eigenvalue weighted by Crippen LogP contribution is 2.27. The van der Waals surface area contributed by atoms with Crippen LogP contribution in [-0.2, 0) is 11.3 Å². The second kappa shape index (κ2) is 10.8. The molecule has 36 heavy (non-hydrogen) atoms. The fraction of sp³-hybridized carbons (Fsp3) is 0.192. The molecule has 4 aromatic rings. The summed E-state index contributed by atoms with van der Waals surface area (Å²) >= 11 is 0. The maximum absolute atomic E-state index is 12.6. The fourth-order valence-corrected chi connectivity index (χ4v) is 3.81. The Bertz CT molecular complexity index is 1450. The number of amides is 1. The van der Waals surface area contributed by atoms with Crippen molar-refractivity contribution < 1.29 is 24.5 Å². The molecule has 4 rings (SSSR count). The summed E-state index contributed by atoms with van der Waals surface area (Å²) < 4.78 is 6.23. The minimum absolute atomic E-state index is 0.0284. The molecule has 184 valence electrons. The molecule has 1 amide bonds. The van der Waals surface area contributed by atoms with Crippen molar-refractivity contribution in [1.29, 1.82) is 0 Å². The molecule has 0 saturated carbocycles. The van der Waals surface area contributed by atoms with Crippen LogP contribution in [0.1, 0.15) is 28.4 Å². The zero-order chi connectivity index (χ0) is 25.7. The second-order valence-corrected chi connectivity index (χ2v) is 8.12. The van der Waals surface area contributed by atoms with Gasteiger partial charge < -0.3 is 20.3 Å². The SMILES string of the molecule is COc1cccc(C(=O)Nc2ccc([C@@H](O)[C@H](CCn3nnc4ccccc4c3=O)C(=O)O)cc2)c1. The van der Waals surface area contributed by atoms with E-state index in [2.05, 4.69) is 15.6 Å². The van der Waals surface area contributed by atoms with Crippen LogP contribution in [0.5, 0.6) is 5.75 Å². The van der Waals surface area contributed by atoms with E-state index in [4.69, 9.17) is 4.74 Å². The lowest BCUT2D eigenvalue weighted by Crippen LogP contribution is -2.29. The highest BCUT2D eigenvalue weighted by Gasteiger charge is 2.28. The quantitative estimate of drug-likeness (QED) is 0.326. The summed E-state index contributed by atoms with van der Waals surface area (Å²) in [6.07, 6.45) is -1.38. The maximum Gasteiger partial charge on any atom is 0.309 e. The molecule has 0 unspecified atom stereocenters. The number of hydrogen-bond donors (Lipinski definition) is 3. The smallest absolute Gasteiger partial charge is 0.309 e. The number of carbonyl (C=O) groups is 2. The van der Waals surface area contributed by atoms with Crippen LogP contribution >= 0.6 is 0 Å². The third-order valence-electron chi connectivity index (χ3n) is 5.82. The van der Waals surface area contributed by atoms with E-state index in [1.165, 1.54) is 7.11 Å². The van der Waals surface area contributed by atoms with Crippen molar-refractivity contribution in [3.63, 3.8) is 0 Å². The molecule has 0 saturated heterocycles. The third kappa shape index (κ3) is 5.39. The average Bonchev–Trinajstić information content (AvgIpc) is 2.90. The zero-order valence-electron chi connectivity index (χ0n) is 19.4. The molecule has 1 heterocycles. The Morgan fingerprint density at radius 2 is 1.81 bits per heavy atom. The van der Waals surface area contributed by atoms with Gasteiger partial charge in [-0.2, -0.15) is 0 Å². The molecule has 1 aromatic heterocycles. The minimum atomic E-state index is -1.34. The number of aliphatic carboxylic acids is 1. The van der Waals surface area contributed by atoms with Gasteiger partial charge in [-0.25, -0.2) is 4.68 Å². The summed E-state index contributed by atoms with van der Waals surface area (Å²) in [4.78, 5) is 37.0. The maximum atomic E-state index is 12.6. The molecule has 10 nitrogen and oxygen atoms in total. The number of fused-ring (bicyclic) bond motifs is 1. The van der Waals surface area contributed by atoms with Crippen molar-refractivity contribution in [3.8, 4) is 5.75 Å². The number of methoxy groups -OCH3 is 1. The van der Waals surface area contributed by atoms with E-state index < -0.39 is 18.0 Å². The molecule has 3 N–H and O–H groups in total. The lowest BCUT2D eigenvalue weighted by atomic mass is 9.92. The van der Waals surface area contributed by atoms with Crippen molar-refractivity contribution in [2.75, 3.05) is 12.4 Å². The molecule has 0 aliphatic rings. The first-order valence-corrected chi connectivity index (χ1v) is 11.2. The summed E-state index contributed by atoms with van der Waals surface area (Å²) in [5, 5.41) is 31.5. The first-order valence-electron chi connectivity index (χ1n) is 11.2. The van der Waals surface area contributed by atoms with E-state index in [-0.39, 0.29) is 24.4 Å². The van der Waals surface area contributed by atoms with Gasteiger partial charge in [-0.1, -0.05) is 35.5 Å². The number of aliphatic hydroxyl groups is 1. The van der Waals surface area contributed by atoms with Crippen molar-refractivity contribution in [3.05, 3.63) is 94.3 Å². The molecular formula is C26H24N4O6. The molecule has 0 aliphatic carbocycles. The minimum Gasteiger partial charge on any atom is -0.497 e. The average molecular weight is 489 g/mol. The number of aliphatic hydroxyl groups excluding tert-OH is 1. The van der Waals surface area contributed by atoms with Crippen LogP contribution in [0.15, 0.2) is 77.6 Å². The number of carboxylic acid groups (broad SMARTS) is 1. The fourth-order valence-electron chi connectivity index (χ4n) is 3.81. The van der Waals surface area contributed by atoms with Gasteiger partial charge in [-0.15, -0.1) is 5.10 Å². The molecule has 0 radical (unpaired) electrons. The van der Waals surface area contributed by atoms with Crippen LogP contribution in [0.25, 0.3) is 10.9 Å². The van der Waals surface area contributed by atoms with E-state index in [0.717, 1.165) is 4.68 Å². The Labute approximate surface area is 205 Å². The second-order valence-electron chi connectivity index (χ2n) is 8.12. The van der Waals surface area contributed by atoms with Gasteiger partial charge in [0.15, 0.2) is 0 Å². The van der Waals surface area contributed by atoms with E-state index in [1.807, 2.05) is 0 Å². The Hall–Kier alpha value is -4.57. The third-order valence-corrected chi connectivity index (χ3v) is 5.82. The molecule has 0 spiro atoms. The van der Waals surface area contributed by atoms with Crippen LogP contribution in [0.4, 0.5) is 5.69 Å². The highest BCUT2D eigenvalue weighted by molar-refractivity contribution is 6.04. The van der Waals surface area contributed by atoms with Gasteiger partial charge >= 0.3 is 5.97 Å². The van der Waals surface area contributed by atoms with Crippen LogP contribution in [0, 0.1) is 5.92 Å². The Morgan fingerprint density at radius 1 is 1.06 bits per heavy atom. The standard InChI is InChI=1S/C26H24N4O6/c1-36-19-6-4-5-17(15-19)24(32)27-18-11-9-16(10-12-18)23(31)21(26(34)35)13-14-30-25(33)20-7-2-3-8-22(20)28-29-30/h2-12,15,21,23,31H,13-14H2,1H3,(H,27,32)(H,34,35)/t21-,23+/m0/s1. The van der Waals surface area contributed by atoms with Crippen molar-refractivity contribution in [2.45, 2.75) is 19.1 Å². The summed E-state index contributed by atoms with van der Waals surface area (Å²) in [5.41, 5.74) is 1.32. The van der Waals surface area contributed by atoms with Gasteiger partial charge in [-0.05, 0) is 54.4 Å². The number of aromatic nitrogens is 3. The number of ether oxygens (including phenoxy) is 1. The van der Waals surface area contributed by atoms with E-state index >= 15 is 0 Å². The molecular weight excluding hydrogens is 464 g/mol. The van der Waals surface area contributed by atoms with Crippen LogP contribution in [-0.4, -0.2) is 44.2 Å². The van der Waals surface area contributed by atoms with E-state index in [0.29, 0.717) is 33.5 Å². The molecule has 0 fully saturated rings. The van der Waals surface area contributed by atoms with Crippen molar-refractivity contribution >= 4 is 28.5 Å². The number of rotatable bonds is 9. The lowest BCUT2D eigenvalue weighted by molar-refractivity contribution is -0.146. The van der Waals surface area contributed by atoms with Crippen LogP contribution in [0.3, 0.4) is 0 Å². The Morgan fingerprint density at radius 3 is 2.53 bits per heavy atom. The number of hydrogen-bond acceptors (Lipinski definition) is 7. The predicted octanol–water partition coefficient (Wildman–Crippen LogP) is 2.88. The van der Waals surface area contributed by atoms with E-state index in [9.17, 15) is 24.6 Å². The number of carbonyl (C=O) groups excluding carboxylic acids is 1. The molecule has 3 aromatic carbocycles. The topological polar surface area (TPSA) is 144 Å². The number of carboxylic acids is 1. The van der Waals surface area contributed by atoms with Crippen molar-refractivity contribution in [1.82, 2.24) is 15.0 Å². The number of nitrogens with one attached hydrogen (secondary N) is 1. The number of nitrogens with zero attached hydrogens (tertiary/aromatic N) is 3. The lowest BCUT2D eigenvalue weighted by Gasteiger charge is -2.20. The molecule has 10 heteroatoms. The van der Waals surface area contributed by atoms with Gasteiger partial charge in [0.1, 0.15) is 11.3 Å². The summed E-state index contributed by atoms with van der Waals surface area (Å²) in [7, 11) is 1.51. The first kappa shape index (κ1) is 24.6. The van der Waals surface area contributed by atoms with Gasteiger partial charge in [0, 0.05) is 17.8 Å². The molecule has 2 atom stereocenters. The summed E-state index contributed by atoms with van der Waals surface area (Å²) in [6, 6.07) is 19.7. The highest BCUT2D eigenvalue weighted by atomic mass is 16.5. The number of anilines is 1. The summed E-state index contributed by atoms with van der Waals surface area (Å²) in [6.45, 7) is -0.0284. The normalized spacial score (nSPS) is 12.6.